The molecule has 29 heavy (non-hydrogen) atoms. The van der Waals surface area contributed by atoms with Crippen LogP contribution in [-0.2, 0) is 11.3 Å². The van der Waals surface area contributed by atoms with Crippen molar-refractivity contribution in [1.29, 1.82) is 0 Å². The third kappa shape index (κ3) is 4.50. The lowest BCUT2D eigenvalue weighted by molar-refractivity contribution is -0.119. The van der Waals surface area contributed by atoms with Crippen molar-refractivity contribution in [2.45, 2.75) is 29.9 Å². The number of carbonyl (C=O) groups is 3. The minimum Gasteiger partial charge on any atom is -0.364 e. The molecule has 0 radical (unpaired) electrons. The molecular weight excluding hydrogens is 409 g/mol. The molecule has 4 amide bonds. The van der Waals surface area contributed by atoms with Gasteiger partial charge in [-0.2, -0.15) is 13.2 Å². The van der Waals surface area contributed by atoms with Crippen molar-refractivity contribution in [3.63, 3.8) is 0 Å². The van der Waals surface area contributed by atoms with Crippen LogP contribution in [0.15, 0.2) is 47.5 Å². The van der Waals surface area contributed by atoms with Gasteiger partial charge in [0.25, 0.3) is 11.8 Å². The Morgan fingerprint density at radius 3 is 2.45 bits per heavy atom. The van der Waals surface area contributed by atoms with Gasteiger partial charge in [0.05, 0.1) is 5.69 Å². The first-order valence-corrected chi connectivity index (χ1v) is 9.13. The van der Waals surface area contributed by atoms with Crippen molar-refractivity contribution in [3.05, 3.63) is 53.9 Å². The van der Waals surface area contributed by atoms with Gasteiger partial charge in [-0.3, -0.25) is 14.6 Å². The third-order valence-corrected chi connectivity index (χ3v) is 4.98. The van der Waals surface area contributed by atoms with Crippen LogP contribution < -0.4 is 10.6 Å². The molecule has 2 heterocycles. The molecule has 1 aliphatic heterocycles. The number of amides is 4. The van der Waals surface area contributed by atoms with Crippen LogP contribution in [0.3, 0.4) is 0 Å². The largest absolute Gasteiger partial charge is 0.446 e. The third-order valence-electron chi connectivity index (χ3n) is 4.24. The van der Waals surface area contributed by atoms with Gasteiger partial charge in [-0.05, 0) is 60.6 Å². The quantitative estimate of drug-likeness (QED) is 0.588. The van der Waals surface area contributed by atoms with Gasteiger partial charge < -0.3 is 10.6 Å². The second-order valence-corrected chi connectivity index (χ2v) is 7.35. The van der Waals surface area contributed by atoms with Crippen molar-refractivity contribution in [2.75, 3.05) is 4.90 Å². The van der Waals surface area contributed by atoms with Crippen LogP contribution in [0.2, 0.25) is 0 Å². The maximum absolute atomic E-state index is 12.8. The average molecular weight is 424 g/mol. The number of pyridine rings is 1. The number of carbonyl (C=O) groups excluding carboxylic acids is 3. The van der Waals surface area contributed by atoms with E-state index in [0.717, 1.165) is 4.90 Å². The number of hydrogen-bond donors (Lipinski definition) is 1. The van der Waals surface area contributed by atoms with Crippen molar-refractivity contribution >= 4 is 35.3 Å². The first-order valence-electron chi connectivity index (χ1n) is 8.32. The number of nitrogens with two attached hydrogens (primary N) is 1. The molecule has 1 saturated heterocycles. The van der Waals surface area contributed by atoms with Crippen molar-refractivity contribution in [1.82, 2.24) is 9.88 Å². The fourth-order valence-electron chi connectivity index (χ4n) is 2.85. The number of hydrogen-bond acceptors (Lipinski definition) is 5. The Morgan fingerprint density at radius 1 is 1.21 bits per heavy atom. The van der Waals surface area contributed by atoms with E-state index in [4.69, 9.17) is 5.73 Å². The van der Waals surface area contributed by atoms with E-state index in [1.165, 1.54) is 41.4 Å². The SMILES string of the molecule is CC1C(=O)N(c2ccc(SC(F)(F)F)cc2)C(=O)N1Cc1ccnc(C(N)=O)c1. The van der Waals surface area contributed by atoms with Gasteiger partial charge in [-0.1, -0.05) is 0 Å². The highest BCUT2D eigenvalue weighted by atomic mass is 32.2. The van der Waals surface area contributed by atoms with Gasteiger partial charge in [0.15, 0.2) is 0 Å². The van der Waals surface area contributed by atoms with Crippen molar-refractivity contribution in [2.24, 2.45) is 5.73 Å². The van der Waals surface area contributed by atoms with Gasteiger partial charge >= 0.3 is 11.5 Å². The first kappa shape index (κ1) is 20.6. The van der Waals surface area contributed by atoms with Crippen LogP contribution in [0.5, 0.6) is 0 Å². The number of thioether (sulfide) groups is 1. The molecule has 0 bridgehead atoms. The number of urea groups is 1. The van der Waals surface area contributed by atoms with Crippen LogP contribution >= 0.6 is 11.8 Å². The van der Waals surface area contributed by atoms with Gasteiger partial charge in [0.1, 0.15) is 11.7 Å². The van der Waals surface area contributed by atoms with Gasteiger partial charge in [0.2, 0.25) is 0 Å². The molecule has 0 aliphatic carbocycles. The van der Waals surface area contributed by atoms with Crippen LogP contribution in [0, 0.1) is 0 Å². The van der Waals surface area contributed by atoms with E-state index in [0.29, 0.717) is 5.56 Å². The average Bonchev–Trinajstić information content (AvgIpc) is 2.85. The molecule has 11 heteroatoms. The predicted molar refractivity (Wildman–Crippen MR) is 99.0 cm³/mol. The van der Waals surface area contributed by atoms with E-state index in [-0.39, 0.29) is 34.6 Å². The Balaban J connectivity index is 1.81. The standard InChI is InChI=1S/C18H15F3N4O3S/c1-10-16(27)25(12-2-4-13(5-3-12)29-18(19,20)21)17(28)24(10)9-11-6-7-23-14(8-11)15(22)26/h2-8,10H,9H2,1H3,(H2,22,26). The number of nitrogens with zero attached hydrogens (tertiary/aromatic N) is 3. The molecule has 0 spiro atoms. The monoisotopic (exact) mass is 424 g/mol. The molecule has 1 aliphatic rings. The molecule has 1 aromatic carbocycles. The Bertz CT molecular complexity index is 966. The molecule has 7 nitrogen and oxygen atoms in total. The zero-order valence-electron chi connectivity index (χ0n) is 15.0. The Labute approximate surface area is 167 Å². The predicted octanol–water partition coefficient (Wildman–Crippen LogP) is 3.15. The molecule has 1 aromatic heterocycles. The maximum Gasteiger partial charge on any atom is 0.446 e. The summed E-state index contributed by atoms with van der Waals surface area (Å²) < 4.78 is 37.4. The molecule has 2 aromatic rings. The van der Waals surface area contributed by atoms with Crippen molar-refractivity contribution < 1.29 is 27.6 Å². The fraction of sp³-hybridized carbons (Fsp3) is 0.222. The van der Waals surface area contributed by atoms with Gasteiger partial charge in [0, 0.05) is 17.6 Å². The minimum absolute atomic E-state index is 0.0303. The summed E-state index contributed by atoms with van der Waals surface area (Å²) in [6.45, 7) is 1.58. The first-order chi connectivity index (χ1) is 13.6. The summed E-state index contributed by atoms with van der Waals surface area (Å²) in [5, 5.41) is 0. The Morgan fingerprint density at radius 2 is 1.86 bits per heavy atom. The summed E-state index contributed by atoms with van der Waals surface area (Å²) in [7, 11) is 0. The zero-order valence-corrected chi connectivity index (χ0v) is 15.8. The van der Waals surface area contributed by atoms with Gasteiger partial charge in [-0.15, -0.1) is 0 Å². The summed E-state index contributed by atoms with van der Waals surface area (Å²) in [6, 6.07) is 6.58. The number of aromatic nitrogens is 1. The highest BCUT2D eigenvalue weighted by molar-refractivity contribution is 8.00. The summed E-state index contributed by atoms with van der Waals surface area (Å²) >= 11 is -0.282. The molecule has 1 unspecified atom stereocenters. The lowest BCUT2D eigenvalue weighted by atomic mass is 10.2. The molecule has 0 saturated carbocycles. The second kappa shape index (κ2) is 7.74. The van der Waals surface area contributed by atoms with Crippen LogP contribution in [0.4, 0.5) is 23.7 Å². The smallest absolute Gasteiger partial charge is 0.364 e. The summed E-state index contributed by atoms with van der Waals surface area (Å²) in [5.74, 6) is -1.22. The van der Waals surface area contributed by atoms with E-state index in [1.807, 2.05) is 0 Å². The number of halogens is 3. The Hall–Kier alpha value is -3.08. The molecule has 152 valence electrons. The van der Waals surface area contributed by atoms with Crippen molar-refractivity contribution in [3.8, 4) is 0 Å². The highest BCUT2D eigenvalue weighted by Gasteiger charge is 2.43. The van der Waals surface area contributed by atoms with E-state index in [1.54, 1.807) is 13.0 Å². The molecule has 1 atom stereocenters. The van der Waals surface area contributed by atoms with E-state index in [9.17, 15) is 27.6 Å². The number of imide groups is 1. The van der Waals surface area contributed by atoms with E-state index < -0.39 is 29.4 Å². The number of benzene rings is 1. The maximum atomic E-state index is 12.8. The fourth-order valence-corrected chi connectivity index (χ4v) is 3.39. The molecule has 1 fully saturated rings. The highest BCUT2D eigenvalue weighted by Crippen LogP contribution is 2.37. The lowest BCUT2D eigenvalue weighted by Gasteiger charge is -2.19. The number of rotatable bonds is 5. The number of anilines is 1. The zero-order chi connectivity index (χ0) is 21.3. The minimum atomic E-state index is -4.43. The molecule has 2 N–H and O–H groups in total. The summed E-state index contributed by atoms with van der Waals surface area (Å²) in [5.41, 5.74) is 1.53. The Kier molecular flexibility index (Phi) is 5.51. The van der Waals surface area contributed by atoms with Crippen LogP contribution in [0.1, 0.15) is 23.0 Å². The van der Waals surface area contributed by atoms with E-state index in [2.05, 4.69) is 4.98 Å². The van der Waals surface area contributed by atoms with Gasteiger partial charge in [-0.25, -0.2) is 9.69 Å². The topological polar surface area (TPSA) is 96.6 Å². The summed E-state index contributed by atoms with van der Waals surface area (Å²) in [4.78, 5) is 42.6. The van der Waals surface area contributed by atoms with Crippen LogP contribution in [-0.4, -0.2) is 39.3 Å². The van der Waals surface area contributed by atoms with Crippen LogP contribution in [0.25, 0.3) is 0 Å². The number of alkyl halides is 3. The summed E-state index contributed by atoms with van der Waals surface area (Å²) in [6.07, 6.45) is 1.37. The lowest BCUT2D eigenvalue weighted by Crippen LogP contribution is -2.33. The van der Waals surface area contributed by atoms with E-state index >= 15 is 0 Å². The molecular formula is C18H15F3N4O3S. The normalized spacial score (nSPS) is 17.2. The second-order valence-electron chi connectivity index (χ2n) is 6.22. The molecule has 3 rings (SSSR count). The number of primary amides is 1.